The van der Waals surface area contributed by atoms with Crippen molar-refractivity contribution in [2.24, 2.45) is 4.99 Å². The lowest BCUT2D eigenvalue weighted by Crippen LogP contribution is -2.40. The first kappa shape index (κ1) is 28.9. The molecule has 0 amide bonds. The number of hydrogen-bond donors (Lipinski definition) is 0. The standard InChI is InChI=1S/C32H26ClN3O5S/c1-4-40-31(38)27-19(2)35-32-36(28(27)23-13-7-8-14-24(23)33)30(37)26(42-32)16-20-12-9-15-25(39-3)29(20)41-18-22-11-6-5-10-21(22)17-34/h5-16,28H,4,18H2,1-3H3/b26-16-/t28-/m1/s1. The van der Waals surface area contributed by atoms with Crippen LogP contribution >= 0.6 is 22.9 Å². The molecule has 0 N–H and O–H groups in total. The summed E-state index contributed by atoms with van der Waals surface area (Å²) in [5.41, 5.74) is 2.78. The molecule has 1 aliphatic rings. The number of esters is 1. The number of hydrogen-bond acceptors (Lipinski definition) is 8. The first-order valence-corrected chi connectivity index (χ1v) is 14.3. The molecule has 42 heavy (non-hydrogen) atoms. The fraction of sp³-hybridized carbons (Fsp3) is 0.188. The maximum Gasteiger partial charge on any atom is 0.338 e. The number of nitrogens with zero attached hydrogens (tertiary/aromatic N) is 3. The predicted molar refractivity (Wildman–Crippen MR) is 160 cm³/mol. The molecule has 1 aliphatic heterocycles. The van der Waals surface area contributed by atoms with Gasteiger partial charge in [0.1, 0.15) is 12.6 Å². The van der Waals surface area contributed by atoms with E-state index in [0.29, 0.717) is 48.2 Å². The lowest BCUT2D eigenvalue weighted by Gasteiger charge is -2.25. The van der Waals surface area contributed by atoms with Crippen LogP contribution < -0.4 is 24.4 Å². The molecule has 1 atom stereocenters. The Kier molecular flexibility index (Phi) is 8.57. The van der Waals surface area contributed by atoms with Crippen LogP contribution in [0.5, 0.6) is 11.5 Å². The smallest absolute Gasteiger partial charge is 0.338 e. The van der Waals surface area contributed by atoms with Gasteiger partial charge in [0.2, 0.25) is 0 Å². The summed E-state index contributed by atoms with van der Waals surface area (Å²) < 4.78 is 19.0. The van der Waals surface area contributed by atoms with Crippen LogP contribution in [0, 0.1) is 11.3 Å². The molecular formula is C32H26ClN3O5S. The number of thiazole rings is 1. The Labute approximate surface area is 251 Å². The summed E-state index contributed by atoms with van der Waals surface area (Å²) in [6.45, 7) is 3.74. The van der Waals surface area contributed by atoms with Gasteiger partial charge in [0, 0.05) is 16.1 Å². The third kappa shape index (κ3) is 5.47. The second-order valence-corrected chi connectivity index (χ2v) is 10.7. The molecule has 212 valence electrons. The van der Waals surface area contributed by atoms with Crippen LogP contribution in [0.3, 0.4) is 0 Å². The summed E-state index contributed by atoms with van der Waals surface area (Å²) >= 11 is 7.79. The molecule has 10 heteroatoms. The van der Waals surface area contributed by atoms with Crippen molar-refractivity contribution in [1.29, 1.82) is 5.26 Å². The number of carbonyl (C=O) groups is 1. The van der Waals surface area contributed by atoms with Gasteiger partial charge in [0.15, 0.2) is 16.3 Å². The number of rotatable bonds is 8. The Morgan fingerprint density at radius 3 is 2.64 bits per heavy atom. The van der Waals surface area contributed by atoms with E-state index >= 15 is 0 Å². The zero-order valence-electron chi connectivity index (χ0n) is 23.1. The zero-order chi connectivity index (χ0) is 29.8. The van der Waals surface area contributed by atoms with Crippen LogP contribution in [0.15, 0.2) is 87.8 Å². The number of nitriles is 1. The van der Waals surface area contributed by atoms with Gasteiger partial charge in [-0.2, -0.15) is 5.26 Å². The van der Waals surface area contributed by atoms with Gasteiger partial charge >= 0.3 is 5.97 Å². The Morgan fingerprint density at radius 2 is 1.90 bits per heavy atom. The van der Waals surface area contributed by atoms with Crippen molar-refractivity contribution in [3.05, 3.63) is 125 Å². The third-order valence-electron chi connectivity index (χ3n) is 6.74. The molecule has 0 saturated carbocycles. The molecule has 0 bridgehead atoms. The summed E-state index contributed by atoms with van der Waals surface area (Å²) in [5.74, 6) is 0.337. The molecular weight excluding hydrogens is 574 g/mol. The quantitative estimate of drug-likeness (QED) is 0.267. The average molecular weight is 600 g/mol. The SMILES string of the molecule is CCOC(=O)C1=C(C)N=c2s/c(=C\c3cccc(OC)c3OCc3ccccc3C#N)c(=O)n2[C@@H]1c1ccccc1Cl. The van der Waals surface area contributed by atoms with Crippen molar-refractivity contribution in [2.45, 2.75) is 26.5 Å². The molecule has 2 heterocycles. The van der Waals surface area contributed by atoms with Crippen molar-refractivity contribution in [3.8, 4) is 17.6 Å². The number of benzene rings is 3. The second-order valence-electron chi connectivity index (χ2n) is 9.26. The van der Waals surface area contributed by atoms with Crippen LogP contribution in [-0.4, -0.2) is 24.3 Å². The Hall–Kier alpha value is -4.65. The van der Waals surface area contributed by atoms with E-state index in [0.717, 1.165) is 5.56 Å². The van der Waals surface area contributed by atoms with E-state index in [1.54, 1.807) is 68.5 Å². The van der Waals surface area contributed by atoms with Crippen LogP contribution in [-0.2, 0) is 16.1 Å². The minimum absolute atomic E-state index is 0.126. The van der Waals surface area contributed by atoms with E-state index in [9.17, 15) is 14.9 Å². The largest absolute Gasteiger partial charge is 0.493 e. The van der Waals surface area contributed by atoms with E-state index in [4.69, 9.17) is 25.8 Å². The molecule has 3 aromatic carbocycles. The maximum atomic E-state index is 14.0. The molecule has 0 radical (unpaired) electrons. The Bertz CT molecular complexity index is 1940. The topological polar surface area (TPSA) is 103 Å². The van der Waals surface area contributed by atoms with Gasteiger partial charge in [-0.1, -0.05) is 71.5 Å². The fourth-order valence-corrected chi connectivity index (χ4v) is 6.07. The number of allylic oxidation sites excluding steroid dienone is 1. The van der Waals surface area contributed by atoms with Crippen molar-refractivity contribution in [2.75, 3.05) is 13.7 Å². The predicted octanol–water partition coefficient (Wildman–Crippen LogP) is 4.91. The van der Waals surface area contributed by atoms with Crippen molar-refractivity contribution in [1.82, 2.24) is 4.57 Å². The summed E-state index contributed by atoms with van der Waals surface area (Å²) in [6.07, 6.45) is 1.71. The summed E-state index contributed by atoms with van der Waals surface area (Å²) in [6, 6.07) is 21.0. The van der Waals surface area contributed by atoms with Gasteiger partial charge in [-0.05, 0) is 43.7 Å². The van der Waals surface area contributed by atoms with Crippen LogP contribution in [0.1, 0.15) is 42.1 Å². The van der Waals surface area contributed by atoms with Crippen LogP contribution in [0.4, 0.5) is 0 Å². The molecule has 0 aliphatic carbocycles. The van der Waals surface area contributed by atoms with E-state index in [1.165, 1.54) is 23.0 Å². The van der Waals surface area contributed by atoms with E-state index < -0.39 is 12.0 Å². The summed E-state index contributed by atoms with van der Waals surface area (Å²) in [5, 5.41) is 9.89. The normalized spacial score (nSPS) is 14.5. The molecule has 8 nitrogen and oxygen atoms in total. The van der Waals surface area contributed by atoms with Crippen molar-refractivity contribution in [3.63, 3.8) is 0 Å². The molecule has 4 aromatic rings. The van der Waals surface area contributed by atoms with Crippen LogP contribution in [0.2, 0.25) is 5.02 Å². The lowest BCUT2D eigenvalue weighted by atomic mass is 9.96. The van der Waals surface area contributed by atoms with Crippen molar-refractivity contribution >= 4 is 35.0 Å². The van der Waals surface area contributed by atoms with Gasteiger partial charge in [0.25, 0.3) is 5.56 Å². The molecule has 0 saturated heterocycles. The average Bonchev–Trinajstić information content (AvgIpc) is 3.30. The highest BCUT2D eigenvalue weighted by molar-refractivity contribution is 7.07. The molecule has 0 spiro atoms. The number of para-hydroxylation sites is 1. The highest BCUT2D eigenvalue weighted by Crippen LogP contribution is 2.35. The zero-order valence-corrected chi connectivity index (χ0v) is 24.7. The first-order valence-electron chi connectivity index (χ1n) is 13.1. The molecule has 1 aromatic heterocycles. The van der Waals surface area contributed by atoms with E-state index in [2.05, 4.69) is 11.1 Å². The van der Waals surface area contributed by atoms with E-state index in [1.807, 2.05) is 18.2 Å². The highest BCUT2D eigenvalue weighted by atomic mass is 35.5. The molecule has 0 fully saturated rings. The minimum Gasteiger partial charge on any atom is -0.493 e. The first-order chi connectivity index (χ1) is 20.4. The number of fused-ring (bicyclic) bond motifs is 1. The minimum atomic E-state index is -0.820. The number of methoxy groups -OCH3 is 1. The lowest BCUT2D eigenvalue weighted by molar-refractivity contribution is -0.139. The summed E-state index contributed by atoms with van der Waals surface area (Å²) in [7, 11) is 1.53. The number of ether oxygens (including phenoxy) is 3. The van der Waals surface area contributed by atoms with Gasteiger partial charge < -0.3 is 14.2 Å². The van der Waals surface area contributed by atoms with Gasteiger partial charge in [-0.3, -0.25) is 9.36 Å². The number of aromatic nitrogens is 1. The number of carbonyl (C=O) groups excluding carboxylic acids is 1. The van der Waals surface area contributed by atoms with E-state index in [-0.39, 0.29) is 24.3 Å². The van der Waals surface area contributed by atoms with Gasteiger partial charge in [0.05, 0.1) is 41.2 Å². The summed E-state index contributed by atoms with van der Waals surface area (Å²) in [4.78, 5) is 32.2. The molecule has 5 rings (SSSR count). The Balaban J connectivity index is 1.65. The Morgan fingerprint density at radius 1 is 1.14 bits per heavy atom. The van der Waals surface area contributed by atoms with Gasteiger partial charge in [-0.15, -0.1) is 0 Å². The van der Waals surface area contributed by atoms with Crippen LogP contribution in [0.25, 0.3) is 6.08 Å². The highest BCUT2D eigenvalue weighted by Gasteiger charge is 2.34. The third-order valence-corrected chi connectivity index (χ3v) is 8.07. The fourth-order valence-electron chi connectivity index (χ4n) is 4.79. The number of halogens is 1. The monoisotopic (exact) mass is 599 g/mol. The maximum absolute atomic E-state index is 14.0. The van der Waals surface area contributed by atoms with Gasteiger partial charge in [-0.25, -0.2) is 9.79 Å². The van der Waals surface area contributed by atoms with Crippen molar-refractivity contribution < 1.29 is 19.0 Å². The second kappa shape index (κ2) is 12.5. The molecule has 0 unspecified atom stereocenters.